The molecule has 72 valence electrons. The summed E-state index contributed by atoms with van der Waals surface area (Å²) in [4.78, 5) is 0. The van der Waals surface area contributed by atoms with Gasteiger partial charge in [-0.3, -0.25) is 0 Å². The van der Waals surface area contributed by atoms with E-state index in [-0.39, 0.29) is 5.41 Å². The fourth-order valence-electron chi connectivity index (χ4n) is 1.18. The highest BCUT2D eigenvalue weighted by Crippen LogP contribution is 2.42. The molecule has 0 saturated carbocycles. The lowest BCUT2D eigenvalue weighted by Crippen LogP contribution is -2.32. The molecule has 0 nitrogen and oxygen atoms in total. The van der Waals surface area contributed by atoms with Gasteiger partial charge in [0.1, 0.15) is 5.67 Å². The Kier molecular flexibility index (Phi) is 2.47. The quantitative estimate of drug-likeness (QED) is 0.614. The molecule has 1 atom stereocenters. The van der Waals surface area contributed by atoms with Gasteiger partial charge >= 0.3 is 0 Å². The maximum Gasteiger partial charge on any atom is 0.138 e. The predicted molar refractivity (Wildman–Crippen MR) is 54.4 cm³/mol. The molecular formula is C12H17F. The lowest BCUT2D eigenvalue weighted by atomic mass is 9.75. The molecule has 13 heavy (non-hydrogen) atoms. The van der Waals surface area contributed by atoms with Crippen LogP contribution in [0.15, 0.2) is 30.3 Å². The highest BCUT2D eigenvalue weighted by Gasteiger charge is 2.38. The molecule has 0 N–H and O–H groups in total. The fourth-order valence-corrected chi connectivity index (χ4v) is 1.18. The lowest BCUT2D eigenvalue weighted by Gasteiger charge is -2.34. The van der Waals surface area contributed by atoms with Crippen molar-refractivity contribution in [1.82, 2.24) is 0 Å². The number of halogens is 1. The summed E-state index contributed by atoms with van der Waals surface area (Å²) >= 11 is 0. The van der Waals surface area contributed by atoms with Gasteiger partial charge in [-0.15, -0.1) is 0 Å². The van der Waals surface area contributed by atoms with Gasteiger partial charge in [0.25, 0.3) is 0 Å². The second-order valence-corrected chi connectivity index (χ2v) is 4.62. The maximum absolute atomic E-state index is 14.3. The Bertz CT molecular complexity index is 267. The third kappa shape index (κ3) is 1.90. The maximum atomic E-state index is 14.3. The zero-order chi connectivity index (χ0) is 10.1. The Morgan fingerprint density at radius 2 is 1.38 bits per heavy atom. The standard InChI is InChI=1S/C12H17F/c1-11(2,3)12(4,13)10-8-6-5-7-9-10/h5-9H,1-4H3/t12-/m1/s1. The molecule has 1 rings (SSSR count). The van der Waals surface area contributed by atoms with Crippen molar-refractivity contribution in [3.63, 3.8) is 0 Å². The molecule has 0 fully saturated rings. The van der Waals surface area contributed by atoms with E-state index in [4.69, 9.17) is 0 Å². The van der Waals surface area contributed by atoms with E-state index in [1.807, 2.05) is 51.1 Å². The number of alkyl halides is 1. The first-order valence-electron chi connectivity index (χ1n) is 4.60. The van der Waals surface area contributed by atoms with Gasteiger partial charge < -0.3 is 0 Å². The first kappa shape index (κ1) is 10.2. The monoisotopic (exact) mass is 180 g/mol. The number of benzene rings is 1. The van der Waals surface area contributed by atoms with Crippen LogP contribution in [0.4, 0.5) is 4.39 Å². The zero-order valence-corrected chi connectivity index (χ0v) is 8.76. The minimum atomic E-state index is -1.27. The van der Waals surface area contributed by atoms with Gasteiger partial charge in [0.2, 0.25) is 0 Å². The van der Waals surface area contributed by atoms with Crippen LogP contribution in [0, 0.1) is 5.41 Å². The van der Waals surface area contributed by atoms with Gasteiger partial charge in [-0.25, -0.2) is 4.39 Å². The summed E-state index contributed by atoms with van der Waals surface area (Å²) in [5.41, 5.74) is -0.884. The molecule has 0 aliphatic rings. The number of hydrogen-bond acceptors (Lipinski definition) is 0. The van der Waals surface area contributed by atoms with Crippen LogP contribution in [0.2, 0.25) is 0 Å². The molecule has 0 unspecified atom stereocenters. The number of hydrogen-bond donors (Lipinski definition) is 0. The second-order valence-electron chi connectivity index (χ2n) is 4.62. The number of rotatable bonds is 1. The van der Waals surface area contributed by atoms with Crippen molar-refractivity contribution < 1.29 is 4.39 Å². The van der Waals surface area contributed by atoms with Gasteiger partial charge in [-0.05, 0) is 17.9 Å². The van der Waals surface area contributed by atoms with Gasteiger partial charge in [0.15, 0.2) is 0 Å². The third-order valence-corrected chi connectivity index (χ3v) is 2.72. The summed E-state index contributed by atoms with van der Waals surface area (Å²) in [6.45, 7) is 7.39. The van der Waals surface area contributed by atoms with Crippen LogP contribution < -0.4 is 0 Å². The zero-order valence-electron chi connectivity index (χ0n) is 8.76. The molecule has 0 radical (unpaired) electrons. The average molecular weight is 180 g/mol. The van der Waals surface area contributed by atoms with E-state index in [9.17, 15) is 4.39 Å². The van der Waals surface area contributed by atoms with Crippen molar-refractivity contribution in [3.8, 4) is 0 Å². The summed E-state index contributed by atoms with van der Waals surface area (Å²) in [5.74, 6) is 0. The molecule has 0 heterocycles. The van der Waals surface area contributed by atoms with E-state index in [2.05, 4.69) is 0 Å². The predicted octanol–water partition coefficient (Wildman–Crippen LogP) is 3.92. The van der Waals surface area contributed by atoms with Crippen LogP contribution in [0.25, 0.3) is 0 Å². The Labute approximate surface area is 79.8 Å². The molecule has 1 aromatic carbocycles. The van der Waals surface area contributed by atoms with Crippen molar-refractivity contribution in [3.05, 3.63) is 35.9 Å². The SMILES string of the molecule is CC(C)(C)[C@](C)(F)c1ccccc1. The lowest BCUT2D eigenvalue weighted by molar-refractivity contribution is 0.0452. The van der Waals surface area contributed by atoms with Crippen LogP contribution in [0.3, 0.4) is 0 Å². The van der Waals surface area contributed by atoms with Crippen LogP contribution in [-0.2, 0) is 5.67 Å². The molecule has 1 aromatic rings. The van der Waals surface area contributed by atoms with Crippen LogP contribution in [-0.4, -0.2) is 0 Å². The highest BCUT2D eigenvalue weighted by atomic mass is 19.1. The molecule has 0 amide bonds. The molecule has 0 spiro atoms. The molecule has 1 heteroatoms. The first-order chi connectivity index (χ1) is 5.86. The highest BCUT2D eigenvalue weighted by molar-refractivity contribution is 5.23. The van der Waals surface area contributed by atoms with Gasteiger partial charge in [0, 0.05) is 0 Å². The minimum absolute atomic E-state index is 0.367. The molecule has 0 bridgehead atoms. The van der Waals surface area contributed by atoms with Crippen molar-refractivity contribution >= 4 is 0 Å². The van der Waals surface area contributed by atoms with Crippen LogP contribution in [0.5, 0.6) is 0 Å². The fraction of sp³-hybridized carbons (Fsp3) is 0.500. The third-order valence-electron chi connectivity index (χ3n) is 2.72. The Balaban J connectivity index is 3.08. The van der Waals surface area contributed by atoms with E-state index < -0.39 is 5.67 Å². The second kappa shape index (κ2) is 3.13. The van der Waals surface area contributed by atoms with Crippen molar-refractivity contribution in [2.45, 2.75) is 33.4 Å². The minimum Gasteiger partial charge on any atom is -0.238 e. The van der Waals surface area contributed by atoms with E-state index in [0.717, 1.165) is 5.56 Å². The average Bonchev–Trinajstić information content (AvgIpc) is 2.04. The molecular weight excluding hydrogens is 163 g/mol. The van der Waals surface area contributed by atoms with E-state index in [1.165, 1.54) is 0 Å². The Hall–Kier alpha value is -0.850. The van der Waals surface area contributed by atoms with Crippen molar-refractivity contribution in [2.24, 2.45) is 5.41 Å². The summed E-state index contributed by atoms with van der Waals surface area (Å²) in [7, 11) is 0. The van der Waals surface area contributed by atoms with Crippen molar-refractivity contribution in [2.75, 3.05) is 0 Å². The summed E-state index contributed by atoms with van der Waals surface area (Å²) < 4.78 is 14.3. The van der Waals surface area contributed by atoms with Gasteiger partial charge in [-0.2, -0.15) is 0 Å². The van der Waals surface area contributed by atoms with E-state index >= 15 is 0 Å². The molecule has 0 aromatic heterocycles. The van der Waals surface area contributed by atoms with Gasteiger partial charge in [0.05, 0.1) is 0 Å². The Morgan fingerprint density at radius 3 is 1.77 bits per heavy atom. The first-order valence-corrected chi connectivity index (χ1v) is 4.60. The summed E-state index contributed by atoms with van der Waals surface area (Å²) in [6, 6.07) is 9.33. The van der Waals surface area contributed by atoms with Crippen LogP contribution >= 0.6 is 0 Å². The van der Waals surface area contributed by atoms with E-state index in [1.54, 1.807) is 6.92 Å². The topological polar surface area (TPSA) is 0 Å². The Morgan fingerprint density at radius 1 is 0.923 bits per heavy atom. The molecule has 0 aliphatic heterocycles. The van der Waals surface area contributed by atoms with Gasteiger partial charge in [-0.1, -0.05) is 51.1 Å². The van der Waals surface area contributed by atoms with Crippen LogP contribution in [0.1, 0.15) is 33.3 Å². The van der Waals surface area contributed by atoms with E-state index in [0.29, 0.717) is 0 Å². The summed E-state index contributed by atoms with van der Waals surface area (Å²) in [5, 5.41) is 0. The molecule has 0 aliphatic carbocycles. The van der Waals surface area contributed by atoms with Crippen molar-refractivity contribution in [1.29, 1.82) is 0 Å². The summed E-state index contributed by atoms with van der Waals surface area (Å²) in [6.07, 6.45) is 0. The molecule has 0 saturated heterocycles. The normalized spacial score (nSPS) is 16.7. The largest absolute Gasteiger partial charge is 0.238 e. The smallest absolute Gasteiger partial charge is 0.138 e.